The number of hydrogen-bond donors (Lipinski definition) is 1. The van der Waals surface area contributed by atoms with E-state index in [4.69, 9.17) is 9.15 Å². The molecule has 1 amide bonds. The molecule has 1 saturated carbocycles. The van der Waals surface area contributed by atoms with E-state index < -0.39 is 0 Å². The lowest BCUT2D eigenvalue weighted by atomic mass is 10.2. The van der Waals surface area contributed by atoms with Gasteiger partial charge in [0.2, 0.25) is 5.91 Å². The molecule has 6 heteroatoms. The molecule has 4 rings (SSSR count). The lowest BCUT2D eigenvalue weighted by Gasteiger charge is -2.27. The van der Waals surface area contributed by atoms with E-state index in [1.165, 1.54) is 12.5 Å². The molecule has 2 atom stereocenters. The van der Waals surface area contributed by atoms with Crippen LogP contribution in [0.5, 0.6) is 0 Å². The standard InChI is InChI=1S/C21H25N3O3/c1-15-12-18(15)19-5-3-17(27-19)4-7-21(25)23-14-16-2-6-20(22-13-16)24-8-10-26-11-9-24/h2-7,13,15,18H,8-12,14H2,1H3,(H,23,25)/b7-4+. The number of anilines is 1. The molecular weight excluding hydrogens is 342 g/mol. The van der Waals surface area contributed by atoms with Gasteiger partial charge in [-0.25, -0.2) is 4.98 Å². The Balaban J connectivity index is 1.25. The first kappa shape index (κ1) is 17.8. The van der Waals surface area contributed by atoms with Crippen molar-refractivity contribution in [2.75, 3.05) is 31.2 Å². The number of hydrogen-bond acceptors (Lipinski definition) is 5. The highest BCUT2D eigenvalue weighted by Crippen LogP contribution is 2.47. The first-order valence-electron chi connectivity index (χ1n) is 9.52. The van der Waals surface area contributed by atoms with Crippen LogP contribution in [0.15, 0.2) is 41.0 Å². The van der Waals surface area contributed by atoms with Gasteiger partial charge < -0.3 is 19.4 Å². The van der Waals surface area contributed by atoms with Crippen LogP contribution in [-0.4, -0.2) is 37.2 Å². The van der Waals surface area contributed by atoms with Crippen LogP contribution < -0.4 is 10.2 Å². The predicted molar refractivity (Wildman–Crippen MR) is 103 cm³/mol. The molecular formula is C21H25N3O3. The molecule has 6 nitrogen and oxygen atoms in total. The molecule has 2 aliphatic rings. The Morgan fingerprint density at radius 1 is 1.30 bits per heavy atom. The van der Waals surface area contributed by atoms with Crippen LogP contribution in [0.2, 0.25) is 0 Å². The molecule has 1 aliphatic carbocycles. The van der Waals surface area contributed by atoms with Crippen LogP contribution in [0.3, 0.4) is 0 Å². The van der Waals surface area contributed by atoms with Crippen LogP contribution in [0, 0.1) is 5.92 Å². The largest absolute Gasteiger partial charge is 0.461 e. The van der Waals surface area contributed by atoms with Crippen LogP contribution in [0.1, 0.15) is 36.3 Å². The fourth-order valence-corrected chi connectivity index (χ4v) is 3.28. The Morgan fingerprint density at radius 2 is 2.11 bits per heavy atom. The number of nitrogens with zero attached hydrogens (tertiary/aromatic N) is 2. The average Bonchev–Trinajstić information content (AvgIpc) is 3.25. The lowest BCUT2D eigenvalue weighted by molar-refractivity contribution is -0.116. The van der Waals surface area contributed by atoms with Gasteiger partial charge in [0.15, 0.2) is 0 Å². The highest BCUT2D eigenvalue weighted by Gasteiger charge is 2.36. The second-order valence-corrected chi connectivity index (χ2v) is 7.23. The minimum Gasteiger partial charge on any atom is -0.461 e. The molecule has 0 bridgehead atoms. The van der Waals surface area contributed by atoms with E-state index in [-0.39, 0.29) is 5.91 Å². The van der Waals surface area contributed by atoms with Crippen molar-refractivity contribution in [3.63, 3.8) is 0 Å². The third kappa shape index (κ3) is 4.57. The van der Waals surface area contributed by atoms with Crippen LogP contribution in [0.25, 0.3) is 6.08 Å². The molecule has 2 aromatic rings. The third-order valence-electron chi connectivity index (χ3n) is 5.13. The van der Waals surface area contributed by atoms with Crippen LogP contribution in [0.4, 0.5) is 5.82 Å². The van der Waals surface area contributed by atoms with Gasteiger partial charge in [-0.2, -0.15) is 0 Å². The number of rotatable bonds is 6. The zero-order chi connectivity index (χ0) is 18.6. The molecule has 0 spiro atoms. The highest BCUT2D eigenvalue weighted by molar-refractivity contribution is 5.91. The molecule has 3 heterocycles. The van der Waals surface area contributed by atoms with E-state index in [2.05, 4.69) is 22.1 Å². The number of aromatic nitrogens is 1. The summed E-state index contributed by atoms with van der Waals surface area (Å²) < 4.78 is 11.1. The number of pyridine rings is 1. The average molecular weight is 367 g/mol. The number of furan rings is 1. The quantitative estimate of drug-likeness (QED) is 0.795. The summed E-state index contributed by atoms with van der Waals surface area (Å²) in [5, 5.41) is 2.88. The summed E-state index contributed by atoms with van der Waals surface area (Å²) >= 11 is 0. The van der Waals surface area contributed by atoms with Gasteiger partial charge in [0.05, 0.1) is 13.2 Å². The molecule has 0 aromatic carbocycles. The zero-order valence-electron chi connectivity index (χ0n) is 15.6. The van der Waals surface area contributed by atoms with E-state index in [9.17, 15) is 4.79 Å². The minimum absolute atomic E-state index is 0.148. The van der Waals surface area contributed by atoms with E-state index in [0.717, 1.165) is 49.2 Å². The topological polar surface area (TPSA) is 67.6 Å². The normalized spacial score (nSPS) is 22.2. The Hall–Kier alpha value is -2.60. The van der Waals surface area contributed by atoms with Gasteiger partial charge in [0, 0.05) is 37.8 Å². The summed E-state index contributed by atoms with van der Waals surface area (Å²) in [4.78, 5) is 18.7. The lowest BCUT2D eigenvalue weighted by Crippen LogP contribution is -2.36. The van der Waals surface area contributed by atoms with Gasteiger partial charge in [-0.1, -0.05) is 13.0 Å². The zero-order valence-corrected chi connectivity index (χ0v) is 15.6. The summed E-state index contributed by atoms with van der Waals surface area (Å²) in [5.74, 6) is 3.80. The SMILES string of the molecule is CC1CC1c1ccc(/C=C/C(=O)NCc2ccc(N3CCOCC3)nc2)o1. The van der Waals surface area contributed by atoms with Crippen molar-refractivity contribution >= 4 is 17.8 Å². The maximum absolute atomic E-state index is 12.0. The van der Waals surface area contributed by atoms with Crippen molar-refractivity contribution in [3.05, 3.63) is 53.6 Å². The van der Waals surface area contributed by atoms with E-state index in [1.54, 1.807) is 6.08 Å². The van der Waals surface area contributed by atoms with Crippen molar-refractivity contribution < 1.29 is 13.9 Å². The highest BCUT2D eigenvalue weighted by atomic mass is 16.5. The molecule has 27 heavy (non-hydrogen) atoms. The Labute approximate surface area is 159 Å². The van der Waals surface area contributed by atoms with Crippen molar-refractivity contribution in [1.29, 1.82) is 0 Å². The molecule has 0 radical (unpaired) electrons. The molecule has 1 aliphatic heterocycles. The summed E-state index contributed by atoms with van der Waals surface area (Å²) in [6.07, 6.45) is 6.22. The summed E-state index contributed by atoms with van der Waals surface area (Å²) in [5.41, 5.74) is 0.969. The fourth-order valence-electron chi connectivity index (χ4n) is 3.28. The predicted octanol–water partition coefficient (Wildman–Crippen LogP) is 2.96. The Kier molecular flexibility index (Phi) is 5.25. The minimum atomic E-state index is -0.148. The number of amides is 1. The Morgan fingerprint density at radius 3 is 2.81 bits per heavy atom. The van der Waals surface area contributed by atoms with E-state index >= 15 is 0 Å². The van der Waals surface area contributed by atoms with Gasteiger partial charge >= 0.3 is 0 Å². The van der Waals surface area contributed by atoms with Gasteiger partial charge in [-0.05, 0) is 42.2 Å². The van der Waals surface area contributed by atoms with Gasteiger partial charge in [0.1, 0.15) is 17.3 Å². The number of carbonyl (C=O) groups is 1. The maximum atomic E-state index is 12.0. The summed E-state index contributed by atoms with van der Waals surface area (Å²) in [6, 6.07) is 7.91. The summed E-state index contributed by atoms with van der Waals surface area (Å²) in [7, 11) is 0. The second-order valence-electron chi connectivity index (χ2n) is 7.23. The molecule has 2 unspecified atom stereocenters. The first-order chi connectivity index (χ1) is 13.2. The number of carbonyl (C=O) groups excluding carboxylic acids is 1. The van der Waals surface area contributed by atoms with Crippen molar-refractivity contribution in [3.8, 4) is 0 Å². The smallest absolute Gasteiger partial charge is 0.244 e. The molecule has 142 valence electrons. The summed E-state index contributed by atoms with van der Waals surface area (Å²) in [6.45, 7) is 5.87. The monoisotopic (exact) mass is 367 g/mol. The number of nitrogens with one attached hydrogen (secondary N) is 1. The van der Waals surface area contributed by atoms with Gasteiger partial charge in [-0.15, -0.1) is 0 Å². The fraction of sp³-hybridized carbons (Fsp3) is 0.429. The van der Waals surface area contributed by atoms with E-state index in [1.807, 2.05) is 30.5 Å². The van der Waals surface area contributed by atoms with Crippen molar-refractivity contribution in [2.24, 2.45) is 5.92 Å². The van der Waals surface area contributed by atoms with Crippen molar-refractivity contribution in [2.45, 2.75) is 25.8 Å². The van der Waals surface area contributed by atoms with Crippen molar-refractivity contribution in [1.82, 2.24) is 10.3 Å². The maximum Gasteiger partial charge on any atom is 0.244 e. The molecule has 2 aromatic heterocycles. The number of ether oxygens (including phenoxy) is 1. The number of morpholine rings is 1. The first-order valence-corrected chi connectivity index (χ1v) is 9.52. The Bertz CT molecular complexity index is 806. The van der Waals surface area contributed by atoms with E-state index in [0.29, 0.717) is 18.4 Å². The third-order valence-corrected chi connectivity index (χ3v) is 5.13. The van der Waals surface area contributed by atoms with Gasteiger partial charge in [-0.3, -0.25) is 4.79 Å². The second kappa shape index (κ2) is 7.96. The van der Waals surface area contributed by atoms with Gasteiger partial charge in [0.25, 0.3) is 0 Å². The molecule has 1 saturated heterocycles. The molecule has 2 fully saturated rings. The molecule has 1 N–H and O–H groups in total. The van der Waals surface area contributed by atoms with Crippen LogP contribution in [-0.2, 0) is 16.1 Å². The van der Waals surface area contributed by atoms with Crippen LogP contribution >= 0.6 is 0 Å².